The smallest absolute Gasteiger partial charge is 0.124 e. The van der Waals surface area contributed by atoms with Gasteiger partial charge in [0, 0.05) is 19.1 Å². The van der Waals surface area contributed by atoms with Crippen LogP contribution in [0.5, 0.6) is 0 Å². The van der Waals surface area contributed by atoms with Gasteiger partial charge in [-0.25, -0.2) is 0 Å². The molecule has 3 heterocycles. The summed E-state index contributed by atoms with van der Waals surface area (Å²) < 4.78 is 2.94. The summed E-state index contributed by atoms with van der Waals surface area (Å²) in [6.45, 7) is 5.15. The maximum absolute atomic E-state index is 11.3. The number of aliphatic hydroxyl groups is 1. The number of aromatic nitrogens is 2. The lowest BCUT2D eigenvalue weighted by Crippen LogP contribution is -2.46. The summed E-state index contributed by atoms with van der Waals surface area (Å²) in [6.07, 6.45) is 7.27. The van der Waals surface area contributed by atoms with E-state index < -0.39 is 5.60 Å². The van der Waals surface area contributed by atoms with Crippen LogP contribution in [0.1, 0.15) is 44.7 Å². The second kappa shape index (κ2) is 5.19. The van der Waals surface area contributed by atoms with Crippen molar-refractivity contribution in [3.63, 3.8) is 0 Å². The summed E-state index contributed by atoms with van der Waals surface area (Å²) in [5.41, 5.74) is 0.258. The van der Waals surface area contributed by atoms with Crippen LogP contribution >= 0.6 is 15.9 Å². The van der Waals surface area contributed by atoms with Crippen molar-refractivity contribution >= 4 is 15.9 Å². The summed E-state index contributed by atoms with van der Waals surface area (Å²) in [5.74, 6) is 0. The van der Waals surface area contributed by atoms with Crippen molar-refractivity contribution < 1.29 is 5.11 Å². The van der Waals surface area contributed by atoms with Crippen LogP contribution < -0.4 is 0 Å². The van der Waals surface area contributed by atoms with Crippen molar-refractivity contribution in [2.24, 2.45) is 0 Å². The summed E-state index contributed by atoms with van der Waals surface area (Å²) in [6, 6.07) is 0.268. The number of rotatable bonds is 3. The Morgan fingerprint density at radius 3 is 3.11 bits per heavy atom. The van der Waals surface area contributed by atoms with Crippen molar-refractivity contribution in [3.8, 4) is 0 Å². The van der Waals surface area contributed by atoms with E-state index in [4.69, 9.17) is 0 Å². The molecule has 0 spiro atoms. The summed E-state index contributed by atoms with van der Waals surface area (Å²) >= 11 is 3.59. The SMILES string of the molecule is CCCn1ncc(Br)c1C1(O)CCN2CCCCC21. The zero-order valence-corrected chi connectivity index (χ0v) is 13.1. The molecule has 2 aliphatic heterocycles. The van der Waals surface area contributed by atoms with Gasteiger partial charge in [0.25, 0.3) is 0 Å². The van der Waals surface area contributed by atoms with E-state index in [0.717, 1.165) is 49.1 Å². The van der Waals surface area contributed by atoms with Crippen LogP contribution in [0.15, 0.2) is 10.7 Å². The normalized spacial score (nSPS) is 31.6. The molecule has 106 valence electrons. The van der Waals surface area contributed by atoms with Gasteiger partial charge in [-0.1, -0.05) is 13.3 Å². The lowest BCUT2D eigenvalue weighted by atomic mass is 9.86. The van der Waals surface area contributed by atoms with Crippen LogP contribution in [-0.2, 0) is 12.1 Å². The van der Waals surface area contributed by atoms with Gasteiger partial charge < -0.3 is 5.11 Å². The fraction of sp³-hybridized carbons (Fsp3) is 0.786. The highest BCUT2D eigenvalue weighted by atomic mass is 79.9. The fourth-order valence-electron chi connectivity index (χ4n) is 3.73. The van der Waals surface area contributed by atoms with Crippen LogP contribution in [0.4, 0.5) is 0 Å². The number of aryl methyl sites for hydroxylation is 1. The van der Waals surface area contributed by atoms with E-state index in [2.05, 4.69) is 32.9 Å². The molecule has 1 aromatic heterocycles. The Morgan fingerprint density at radius 1 is 1.47 bits per heavy atom. The van der Waals surface area contributed by atoms with Crippen molar-refractivity contribution in [3.05, 3.63) is 16.4 Å². The van der Waals surface area contributed by atoms with E-state index in [9.17, 15) is 5.11 Å². The molecule has 0 aliphatic carbocycles. The highest BCUT2D eigenvalue weighted by Crippen LogP contribution is 2.44. The molecular formula is C14H22BrN3O. The van der Waals surface area contributed by atoms with Crippen molar-refractivity contribution in [1.29, 1.82) is 0 Å². The zero-order chi connectivity index (χ0) is 13.5. The van der Waals surface area contributed by atoms with Gasteiger partial charge in [0.2, 0.25) is 0 Å². The molecule has 3 rings (SSSR count). The Labute approximate surface area is 122 Å². The van der Waals surface area contributed by atoms with Crippen molar-refractivity contribution in [2.75, 3.05) is 13.1 Å². The maximum atomic E-state index is 11.3. The maximum Gasteiger partial charge on any atom is 0.124 e. The van der Waals surface area contributed by atoms with Crippen LogP contribution in [0.3, 0.4) is 0 Å². The summed E-state index contributed by atoms with van der Waals surface area (Å²) in [5, 5.41) is 15.7. The largest absolute Gasteiger partial charge is 0.382 e. The molecule has 2 aliphatic rings. The van der Waals surface area contributed by atoms with Gasteiger partial charge in [-0.2, -0.15) is 5.10 Å². The molecular weight excluding hydrogens is 306 g/mol. The topological polar surface area (TPSA) is 41.3 Å². The first kappa shape index (κ1) is 13.6. The van der Waals surface area contributed by atoms with E-state index in [-0.39, 0.29) is 6.04 Å². The molecule has 2 saturated heterocycles. The molecule has 0 amide bonds. The second-order valence-corrected chi connectivity index (χ2v) is 6.64. The van der Waals surface area contributed by atoms with Gasteiger partial charge in [0.05, 0.1) is 16.4 Å². The third-order valence-corrected chi connectivity index (χ3v) is 5.17. The van der Waals surface area contributed by atoms with Crippen LogP contribution in [0.2, 0.25) is 0 Å². The number of hydrogen-bond acceptors (Lipinski definition) is 3. The van der Waals surface area contributed by atoms with Gasteiger partial charge in [-0.15, -0.1) is 0 Å². The average Bonchev–Trinajstić information content (AvgIpc) is 2.94. The monoisotopic (exact) mass is 327 g/mol. The Hall–Kier alpha value is -0.390. The molecule has 0 aromatic carbocycles. The van der Waals surface area contributed by atoms with Gasteiger partial charge in [-0.3, -0.25) is 9.58 Å². The van der Waals surface area contributed by atoms with Crippen molar-refractivity contribution in [2.45, 2.75) is 57.2 Å². The minimum absolute atomic E-state index is 0.268. The molecule has 4 nitrogen and oxygen atoms in total. The average molecular weight is 328 g/mol. The van der Waals surface area contributed by atoms with E-state index in [0.29, 0.717) is 0 Å². The number of hydrogen-bond donors (Lipinski definition) is 1. The first-order valence-electron chi connectivity index (χ1n) is 7.35. The van der Waals surface area contributed by atoms with E-state index >= 15 is 0 Å². The molecule has 1 aromatic rings. The Morgan fingerprint density at radius 2 is 2.32 bits per heavy atom. The van der Waals surface area contributed by atoms with Gasteiger partial charge in [0.15, 0.2) is 0 Å². The number of fused-ring (bicyclic) bond motifs is 1. The predicted octanol–water partition coefficient (Wildman–Crippen LogP) is 2.50. The number of piperidine rings is 1. The molecule has 2 atom stereocenters. The summed E-state index contributed by atoms with van der Waals surface area (Å²) in [7, 11) is 0. The Bertz CT molecular complexity index is 462. The first-order valence-corrected chi connectivity index (χ1v) is 8.14. The van der Waals surface area contributed by atoms with Gasteiger partial charge in [-0.05, 0) is 48.2 Å². The molecule has 2 unspecified atom stereocenters. The molecule has 0 radical (unpaired) electrons. The number of nitrogens with zero attached hydrogens (tertiary/aromatic N) is 3. The predicted molar refractivity (Wildman–Crippen MR) is 77.9 cm³/mol. The lowest BCUT2D eigenvalue weighted by Gasteiger charge is -2.37. The van der Waals surface area contributed by atoms with Crippen LogP contribution in [0.25, 0.3) is 0 Å². The number of halogens is 1. The quantitative estimate of drug-likeness (QED) is 0.927. The fourth-order valence-corrected chi connectivity index (χ4v) is 4.37. The van der Waals surface area contributed by atoms with E-state index in [1.807, 2.05) is 10.9 Å². The second-order valence-electron chi connectivity index (χ2n) is 5.79. The molecule has 0 saturated carbocycles. The minimum atomic E-state index is -0.731. The minimum Gasteiger partial charge on any atom is -0.382 e. The van der Waals surface area contributed by atoms with E-state index in [1.165, 1.54) is 12.8 Å². The summed E-state index contributed by atoms with van der Waals surface area (Å²) in [4.78, 5) is 2.46. The third kappa shape index (κ3) is 2.16. The highest BCUT2D eigenvalue weighted by molar-refractivity contribution is 9.10. The molecule has 0 bridgehead atoms. The first-order chi connectivity index (χ1) is 9.16. The lowest BCUT2D eigenvalue weighted by molar-refractivity contribution is -0.0214. The van der Waals surface area contributed by atoms with Gasteiger partial charge >= 0.3 is 0 Å². The van der Waals surface area contributed by atoms with Crippen molar-refractivity contribution in [1.82, 2.24) is 14.7 Å². The molecule has 1 N–H and O–H groups in total. The standard InChI is InChI=1S/C14H22BrN3O/c1-2-7-18-13(11(15)10-16-18)14(19)6-9-17-8-4-3-5-12(14)17/h10,12,19H,2-9H2,1H3. The van der Waals surface area contributed by atoms with E-state index in [1.54, 1.807) is 0 Å². The van der Waals surface area contributed by atoms with Gasteiger partial charge in [0.1, 0.15) is 5.60 Å². The molecule has 2 fully saturated rings. The van der Waals surface area contributed by atoms with Crippen LogP contribution in [-0.4, -0.2) is 38.9 Å². The zero-order valence-electron chi connectivity index (χ0n) is 11.5. The Balaban J connectivity index is 1.98. The molecule has 5 heteroatoms. The van der Waals surface area contributed by atoms with Crippen LogP contribution in [0, 0.1) is 0 Å². The highest BCUT2D eigenvalue weighted by Gasteiger charge is 2.50. The Kier molecular flexibility index (Phi) is 3.71. The molecule has 19 heavy (non-hydrogen) atoms. The third-order valence-electron chi connectivity index (χ3n) is 4.59.